The molecule has 3 rings (SSSR count). The molecule has 0 spiro atoms. The minimum absolute atomic E-state index is 0.0613. The van der Waals surface area contributed by atoms with Crippen LogP contribution in [0.25, 0.3) is 0 Å². The summed E-state index contributed by atoms with van der Waals surface area (Å²) in [4.78, 5) is 1.37. The minimum Gasteiger partial charge on any atom is -0.370 e. The van der Waals surface area contributed by atoms with Gasteiger partial charge in [0.05, 0.1) is 23.9 Å². The molecule has 1 aromatic heterocycles. The first-order chi connectivity index (χ1) is 8.95. The van der Waals surface area contributed by atoms with Crippen LogP contribution in [0.1, 0.15) is 50.5 Å². The molecule has 19 heavy (non-hydrogen) atoms. The maximum absolute atomic E-state index is 6.40. The fraction of sp³-hybridized carbons (Fsp3) is 0.750. The maximum Gasteiger partial charge on any atom is 0.0924 e. The van der Waals surface area contributed by atoms with Gasteiger partial charge in [0.25, 0.3) is 0 Å². The predicted octanol–water partition coefficient (Wildman–Crippen LogP) is 4.31. The molecule has 0 N–H and O–H groups in total. The highest BCUT2D eigenvalue weighted by Gasteiger charge is 2.60. The van der Waals surface area contributed by atoms with E-state index in [2.05, 4.69) is 39.1 Å². The maximum atomic E-state index is 6.40. The Kier molecular flexibility index (Phi) is 3.27. The van der Waals surface area contributed by atoms with E-state index in [4.69, 9.17) is 9.47 Å². The number of hydrogen-bond acceptors (Lipinski definition) is 3. The summed E-state index contributed by atoms with van der Waals surface area (Å²) in [6.07, 6.45) is 3.64. The number of aryl methyl sites for hydroxylation is 1. The van der Waals surface area contributed by atoms with Gasteiger partial charge in [-0.15, -0.1) is 11.3 Å². The van der Waals surface area contributed by atoms with Crippen molar-refractivity contribution < 1.29 is 9.47 Å². The Morgan fingerprint density at radius 2 is 2.26 bits per heavy atom. The number of ether oxygens (including phenoxy) is 2. The van der Waals surface area contributed by atoms with Gasteiger partial charge in [0.1, 0.15) is 0 Å². The molecule has 0 amide bonds. The van der Waals surface area contributed by atoms with Crippen LogP contribution >= 0.6 is 11.3 Å². The van der Waals surface area contributed by atoms with Gasteiger partial charge in [0, 0.05) is 11.3 Å². The van der Waals surface area contributed by atoms with E-state index in [0.717, 1.165) is 19.4 Å². The van der Waals surface area contributed by atoms with E-state index in [1.165, 1.54) is 16.9 Å². The molecule has 2 fully saturated rings. The zero-order valence-corrected chi connectivity index (χ0v) is 13.2. The van der Waals surface area contributed by atoms with Gasteiger partial charge in [-0.3, -0.25) is 0 Å². The van der Waals surface area contributed by atoms with Gasteiger partial charge in [-0.25, -0.2) is 0 Å². The minimum atomic E-state index is -0.0613. The van der Waals surface area contributed by atoms with E-state index < -0.39 is 0 Å². The predicted molar refractivity (Wildman–Crippen MR) is 78.5 cm³/mol. The van der Waals surface area contributed by atoms with E-state index in [0.29, 0.717) is 5.92 Å². The molecule has 106 valence electrons. The molecule has 2 saturated heterocycles. The number of rotatable bonds is 4. The molecular weight excluding hydrogens is 256 g/mol. The van der Waals surface area contributed by atoms with Crippen molar-refractivity contribution in [2.24, 2.45) is 5.92 Å². The van der Waals surface area contributed by atoms with Crippen molar-refractivity contribution in [2.75, 3.05) is 0 Å². The van der Waals surface area contributed by atoms with E-state index in [1.807, 2.05) is 0 Å². The van der Waals surface area contributed by atoms with Gasteiger partial charge in [-0.2, -0.15) is 0 Å². The first-order valence-corrected chi connectivity index (χ1v) is 8.18. The Morgan fingerprint density at radius 3 is 2.84 bits per heavy atom. The summed E-state index contributed by atoms with van der Waals surface area (Å²) in [5.74, 6) is 0.575. The average molecular weight is 280 g/mol. The molecular formula is C16H24O2S. The van der Waals surface area contributed by atoms with Gasteiger partial charge in [-0.05, 0) is 49.6 Å². The Hall–Kier alpha value is -0.380. The van der Waals surface area contributed by atoms with Crippen LogP contribution in [-0.4, -0.2) is 17.3 Å². The van der Waals surface area contributed by atoms with Crippen molar-refractivity contribution in [3.05, 3.63) is 21.9 Å². The van der Waals surface area contributed by atoms with Gasteiger partial charge in [-0.1, -0.05) is 13.8 Å². The van der Waals surface area contributed by atoms with Gasteiger partial charge in [0.2, 0.25) is 0 Å². The third-order valence-corrected chi connectivity index (χ3v) is 6.04. The number of thiophene rings is 1. The highest BCUT2D eigenvalue weighted by atomic mass is 32.1. The molecule has 2 aliphatic heterocycles. The van der Waals surface area contributed by atoms with Crippen LogP contribution in [0, 0.1) is 12.8 Å². The van der Waals surface area contributed by atoms with Crippen LogP contribution in [0.2, 0.25) is 0 Å². The average Bonchev–Trinajstić information content (AvgIpc) is 2.98. The summed E-state index contributed by atoms with van der Waals surface area (Å²) in [7, 11) is 0. The lowest BCUT2D eigenvalue weighted by Crippen LogP contribution is -2.38. The third-order valence-electron chi connectivity index (χ3n) is 5.15. The summed E-state index contributed by atoms with van der Waals surface area (Å²) in [6.45, 7) is 9.68. The van der Waals surface area contributed by atoms with Crippen molar-refractivity contribution in [1.82, 2.24) is 0 Å². The van der Waals surface area contributed by atoms with Crippen molar-refractivity contribution >= 4 is 11.3 Å². The van der Waals surface area contributed by atoms with Crippen molar-refractivity contribution in [2.45, 2.75) is 70.9 Å². The van der Waals surface area contributed by atoms with Crippen molar-refractivity contribution in [1.29, 1.82) is 0 Å². The molecule has 0 aliphatic carbocycles. The van der Waals surface area contributed by atoms with Crippen LogP contribution in [0.4, 0.5) is 0 Å². The second kappa shape index (κ2) is 4.57. The highest BCUT2D eigenvalue weighted by Crippen LogP contribution is 2.55. The molecule has 2 bridgehead atoms. The monoisotopic (exact) mass is 280 g/mol. The quantitative estimate of drug-likeness (QED) is 0.818. The molecule has 3 heterocycles. The van der Waals surface area contributed by atoms with Crippen LogP contribution in [0.5, 0.6) is 0 Å². The molecule has 3 atom stereocenters. The van der Waals surface area contributed by atoms with Gasteiger partial charge >= 0.3 is 0 Å². The van der Waals surface area contributed by atoms with Gasteiger partial charge in [0.15, 0.2) is 0 Å². The standard InChI is InChI=1S/C16H24O2S/c1-11(2)16-7-6-15(4,18-16)14(9-16)17-10-13-5-8-19-12(13)3/h5,8,11,14H,6-7,9-10H2,1-4H3/t14-,15+,16-/m0/s1. The third kappa shape index (κ3) is 2.16. The van der Waals surface area contributed by atoms with E-state index in [9.17, 15) is 0 Å². The summed E-state index contributed by atoms with van der Waals surface area (Å²) < 4.78 is 12.6. The van der Waals surface area contributed by atoms with Crippen LogP contribution in [-0.2, 0) is 16.1 Å². The topological polar surface area (TPSA) is 18.5 Å². The SMILES string of the molecule is Cc1sccc1CO[C@H]1C[C@]2(C(C)C)CC[C@@]1(C)O2. The van der Waals surface area contributed by atoms with Crippen molar-refractivity contribution in [3.8, 4) is 0 Å². The van der Waals surface area contributed by atoms with E-state index in [-0.39, 0.29) is 17.3 Å². The Balaban J connectivity index is 1.69. The van der Waals surface area contributed by atoms with E-state index in [1.54, 1.807) is 11.3 Å². The smallest absolute Gasteiger partial charge is 0.0924 e. The zero-order valence-electron chi connectivity index (χ0n) is 12.4. The van der Waals surface area contributed by atoms with Crippen LogP contribution in [0.15, 0.2) is 11.4 Å². The normalized spacial score (nSPS) is 37.4. The lowest BCUT2D eigenvalue weighted by Gasteiger charge is -2.31. The molecule has 0 aromatic carbocycles. The first kappa shape index (κ1) is 13.6. The molecule has 0 unspecified atom stereocenters. The fourth-order valence-electron chi connectivity index (χ4n) is 3.56. The molecule has 0 saturated carbocycles. The second-order valence-corrected chi connectivity index (χ2v) is 7.76. The molecule has 2 nitrogen and oxygen atoms in total. The second-order valence-electron chi connectivity index (χ2n) is 6.64. The number of hydrogen-bond donors (Lipinski definition) is 0. The van der Waals surface area contributed by atoms with Crippen LogP contribution < -0.4 is 0 Å². The van der Waals surface area contributed by atoms with E-state index >= 15 is 0 Å². The lowest BCUT2D eigenvalue weighted by atomic mass is 9.75. The van der Waals surface area contributed by atoms with Gasteiger partial charge < -0.3 is 9.47 Å². The zero-order chi connectivity index (χ0) is 13.7. The Bertz CT molecular complexity index is 467. The first-order valence-electron chi connectivity index (χ1n) is 7.30. The number of fused-ring (bicyclic) bond motifs is 2. The summed E-state index contributed by atoms with van der Waals surface area (Å²) >= 11 is 1.79. The van der Waals surface area contributed by atoms with Crippen LogP contribution in [0.3, 0.4) is 0 Å². The highest BCUT2D eigenvalue weighted by molar-refractivity contribution is 7.10. The lowest BCUT2D eigenvalue weighted by molar-refractivity contribution is -0.0960. The Labute approximate surface area is 120 Å². The largest absolute Gasteiger partial charge is 0.370 e. The molecule has 3 heteroatoms. The Morgan fingerprint density at radius 1 is 1.47 bits per heavy atom. The fourth-order valence-corrected chi connectivity index (χ4v) is 4.27. The molecule has 1 aromatic rings. The van der Waals surface area contributed by atoms with Crippen molar-refractivity contribution in [3.63, 3.8) is 0 Å². The molecule has 2 aliphatic rings. The summed E-state index contributed by atoms with van der Waals surface area (Å²) in [6, 6.07) is 2.18. The summed E-state index contributed by atoms with van der Waals surface area (Å²) in [5, 5.41) is 2.14. The summed E-state index contributed by atoms with van der Waals surface area (Å²) in [5.41, 5.74) is 1.34. The molecule has 0 radical (unpaired) electrons.